The lowest BCUT2D eigenvalue weighted by atomic mass is 9.90. The number of piperidine rings is 1. The zero-order chi connectivity index (χ0) is 21.7. The molecule has 1 saturated heterocycles. The number of likely N-dealkylation sites (N-methyl/N-ethyl adjacent to an activating group) is 1. The number of aryl methyl sites for hydroxylation is 1. The van der Waals surface area contributed by atoms with Crippen molar-refractivity contribution in [2.75, 3.05) is 33.8 Å². The number of rotatable bonds is 7. The molecule has 0 aliphatic carbocycles. The molecule has 0 spiro atoms. The predicted octanol–water partition coefficient (Wildman–Crippen LogP) is 3.11. The first-order chi connectivity index (χ1) is 14.3. The summed E-state index contributed by atoms with van der Waals surface area (Å²) in [4.78, 5) is 14.7. The van der Waals surface area contributed by atoms with Crippen LogP contribution in [0, 0.1) is 12.8 Å². The molecule has 1 fully saturated rings. The molecule has 0 radical (unpaired) electrons. The van der Waals surface area contributed by atoms with Crippen LogP contribution in [0.2, 0.25) is 0 Å². The van der Waals surface area contributed by atoms with Gasteiger partial charge in [0.1, 0.15) is 5.75 Å². The molecule has 1 amide bonds. The van der Waals surface area contributed by atoms with Gasteiger partial charge >= 0.3 is 0 Å². The summed E-state index contributed by atoms with van der Waals surface area (Å²) in [6, 6.07) is 15.1. The van der Waals surface area contributed by atoms with Gasteiger partial charge in [-0.25, -0.2) is 8.42 Å². The number of benzene rings is 2. The zero-order valence-electron chi connectivity index (χ0n) is 17.9. The van der Waals surface area contributed by atoms with Gasteiger partial charge in [-0.05, 0) is 61.4 Å². The van der Waals surface area contributed by atoms with Crippen LogP contribution in [-0.2, 0) is 21.2 Å². The Morgan fingerprint density at radius 1 is 1.13 bits per heavy atom. The minimum atomic E-state index is -3.74. The van der Waals surface area contributed by atoms with Gasteiger partial charge < -0.3 is 9.64 Å². The van der Waals surface area contributed by atoms with Crippen LogP contribution in [-0.4, -0.2) is 57.3 Å². The summed E-state index contributed by atoms with van der Waals surface area (Å²) >= 11 is 0. The van der Waals surface area contributed by atoms with Gasteiger partial charge in [-0.15, -0.1) is 0 Å². The number of ether oxygens (including phenoxy) is 1. The van der Waals surface area contributed by atoms with Crippen LogP contribution < -0.4 is 4.74 Å². The van der Waals surface area contributed by atoms with Gasteiger partial charge in [-0.3, -0.25) is 4.79 Å². The average molecular weight is 431 g/mol. The molecule has 1 heterocycles. The first-order valence-corrected chi connectivity index (χ1v) is 11.7. The maximum absolute atomic E-state index is 12.9. The maximum atomic E-state index is 12.9. The number of carbonyl (C=O) groups is 1. The van der Waals surface area contributed by atoms with Gasteiger partial charge in [0.15, 0.2) is 0 Å². The summed E-state index contributed by atoms with van der Waals surface area (Å²) in [6.45, 7) is 2.98. The highest BCUT2D eigenvalue weighted by Gasteiger charge is 2.28. The molecular weight excluding hydrogens is 400 g/mol. The number of sulfonamides is 1. The van der Waals surface area contributed by atoms with E-state index in [-0.39, 0.29) is 17.3 Å². The summed E-state index contributed by atoms with van der Waals surface area (Å²) in [5.41, 5.74) is 2.06. The second-order valence-corrected chi connectivity index (χ2v) is 9.95. The fourth-order valence-corrected chi connectivity index (χ4v) is 5.11. The third kappa shape index (κ3) is 5.21. The summed E-state index contributed by atoms with van der Waals surface area (Å²) in [5.74, 6) is 1.04. The fourth-order valence-electron chi connectivity index (χ4n) is 3.90. The summed E-state index contributed by atoms with van der Waals surface area (Å²) in [6.07, 6.45) is 2.90. The topological polar surface area (TPSA) is 66.9 Å². The van der Waals surface area contributed by atoms with E-state index in [9.17, 15) is 13.2 Å². The number of hydrogen-bond acceptors (Lipinski definition) is 4. The smallest absolute Gasteiger partial charge is 0.243 e. The Balaban J connectivity index is 1.56. The molecule has 6 nitrogen and oxygen atoms in total. The number of nitrogens with zero attached hydrogens (tertiary/aromatic N) is 2. The second kappa shape index (κ2) is 9.62. The van der Waals surface area contributed by atoms with Crippen molar-refractivity contribution in [1.29, 1.82) is 0 Å². The highest BCUT2D eigenvalue weighted by molar-refractivity contribution is 7.89. The lowest BCUT2D eigenvalue weighted by molar-refractivity contribution is -0.132. The SMILES string of the molecule is COc1ccc(S(=O)(=O)N(C)CC(=O)N2CCC(Cc3ccccc3)CC2)cc1C. The third-order valence-corrected chi connectivity index (χ3v) is 7.57. The Kier molecular flexibility index (Phi) is 7.15. The van der Waals surface area contributed by atoms with E-state index in [2.05, 4.69) is 24.3 Å². The highest BCUT2D eigenvalue weighted by atomic mass is 32.2. The summed E-state index contributed by atoms with van der Waals surface area (Å²) < 4.78 is 32.1. The zero-order valence-corrected chi connectivity index (χ0v) is 18.7. The van der Waals surface area contributed by atoms with Gasteiger partial charge in [0.05, 0.1) is 18.6 Å². The Labute approximate surface area is 179 Å². The summed E-state index contributed by atoms with van der Waals surface area (Å²) in [7, 11) is -0.742. The van der Waals surface area contributed by atoms with Gasteiger partial charge in [0.2, 0.25) is 15.9 Å². The van der Waals surface area contributed by atoms with Crippen molar-refractivity contribution in [3.8, 4) is 5.75 Å². The van der Waals surface area contributed by atoms with Crippen molar-refractivity contribution in [2.45, 2.75) is 31.1 Å². The molecule has 2 aromatic carbocycles. The highest BCUT2D eigenvalue weighted by Crippen LogP contribution is 2.24. The Bertz CT molecular complexity index is 968. The van der Waals surface area contributed by atoms with Crippen LogP contribution in [0.4, 0.5) is 0 Å². The lowest BCUT2D eigenvalue weighted by Crippen LogP contribution is -2.44. The monoisotopic (exact) mass is 430 g/mol. The first kappa shape index (κ1) is 22.3. The van der Waals surface area contributed by atoms with Crippen molar-refractivity contribution in [3.05, 3.63) is 59.7 Å². The number of methoxy groups -OCH3 is 1. The van der Waals surface area contributed by atoms with Crippen molar-refractivity contribution < 1.29 is 17.9 Å². The molecular formula is C23H30N2O4S. The lowest BCUT2D eigenvalue weighted by Gasteiger charge is -2.33. The molecule has 1 aliphatic rings. The average Bonchev–Trinajstić information content (AvgIpc) is 2.74. The van der Waals surface area contributed by atoms with Gasteiger partial charge in [0.25, 0.3) is 0 Å². The molecule has 3 rings (SSSR count). The van der Waals surface area contributed by atoms with E-state index >= 15 is 0 Å². The Morgan fingerprint density at radius 2 is 1.80 bits per heavy atom. The number of carbonyl (C=O) groups excluding carboxylic acids is 1. The fraction of sp³-hybridized carbons (Fsp3) is 0.435. The second-order valence-electron chi connectivity index (χ2n) is 7.91. The van der Waals surface area contributed by atoms with Crippen molar-refractivity contribution >= 4 is 15.9 Å². The van der Waals surface area contributed by atoms with E-state index in [1.807, 2.05) is 6.07 Å². The summed E-state index contributed by atoms with van der Waals surface area (Å²) in [5, 5.41) is 0. The van der Waals surface area contributed by atoms with Crippen LogP contribution in [0.5, 0.6) is 5.75 Å². The molecule has 30 heavy (non-hydrogen) atoms. The van der Waals surface area contributed by atoms with Crippen LogP contribution in [0.3, 0.4) is 0 Å². The maximum Gasteiger partial charge on any atom is 0.243 e. The quantitative estimate of drug-likeness (QED) is 0.677. The largest absolute Gasteiger partial charge is 0.496 e. The third-order valence-electron chi connectivity index (χ3n) is 5.77. The van der Waals surface area contributed by atoms with Gasteiger partial charge in [0, 0.05) is 20.1 Å². The van der Waals surface area contributed by atoms with Gasteiger partial charge in [-0.1, -0.05) is 30.3 Å². The molecule has 0 saturated carbocycles. The molecule has 0 unspecified atom stereocenters. The molecule has 162 valence electrons. The Morgan fingerprint density at radius 3 is 2.40 bits per heavy atom. The molecule has 1 aliphatic heterocycles. The number of likely N-dealkylation sites (tertiary alicyclic amines) is 1. The van der Waals surface area contributed by atoms with E-state index in [4.69, 9.17) is 4.74 Å². The van der Waals surface area contributed by atoms with Gasteiger partial charge in [-0.2, -0.15) is 4.31 Å². The normalized spacial score (nSPS) is 15.4. The molecule has 0 aromatic heterocycles. The van der Waals surface area contributed by atoms with Crippen molar-refractivity contribution in [3.63, 3.8) is 0 Å². The Hall–Kier alpha value is -2.38. The number of hydrogen-bond donors (Lipinski definition) is 0. The molecule has 7 heteroatoms. The van der Waals surface area contributed by atoms with E-state index < -0.39 is 10.0 Å². The van der Waals surface area contributed by atoms with E-state index in [1.54, 1.807) is 31.1 Å². The molecule has 0 bridgehead atoms. The van der Waals surface area contributed by atoms with E-state index in [0.717, 1.165) is 29.1 Å². The van der Waals surface area contributed by atoms with Crippen molar-refractivity contribution in [2.24, 2.45) is 5.92 Å². The van der Waals surface area contributed by atoms with Crippen LogP contribution in [0.25, 0.3) is 0 Å². The van der Waals surface area contributed by atoms with Crippen LogP contribution in [0.1, 0.15) is 24.0 Å². The van der Waals surface area contributed by atoms with Crippen molar-refractivity contribution in [1.82, 2.24) is 9.21 Å². The predicted molar refractivity (Wildman–Crippen MR) is 117 cm³/mol. The molecule has 2 aromatic rings. The van der Waals surface area contributed by atoms with Crippen LogP contribution >= 0.6 is 0 Å². The minimum Gasteiger partial charge on any atom is -0.496 e. The molecule has 0 atom stereocenters. The molecule has 0 N–H and O–H groups in total. The number of amides is 1. The first-order valence-electron chi connectivity index (χ1n) is 10.2. The minimum absolute atomic E-state index is 0.149. The van der Waals surface area contributed by atoms with Crippen LogP contribution in [0.15, 0.2) is 53.4 Å². The van der Waals surface area contributed by atoms with E-state index in [0.29, 0.717) is 24.8 Å². The standard InChI is InChI=1S/C23H30N2O4S/c1-18-15-21(9-10-22(18)29-3)30(27,28)24(2)17-23(26)25-13-11-20(12-14-25)16-19-7-5-4-6-8-19/h4-10,15,20H,11-14,16-17H2,1-3H3. The van der Waals surface area contributed by atoms with E-state index in [1.165, 1.54) is 18.7 Å².